The topological polar surface area (TPSA) is 35.5 Å². The van der Waals surface area contributed by atoms with E-state index in [9.17, 15) is 18.0 Å². The third-order valence-corrected chi connectivity index (χ3v) is 1.08. The molecule has 0 aliphatic heterocycles. The normalized spacial score (nSPS) is 11.9. The van der Waals surface area contributed by atoms with Crippen LogP contribution < -0.4 is 0 Å². The van der Waals surface area contributed by atoms with Crippen molar-refractivity contribution in [3.05, 3.63) is 0 Å². The van der Waals surface area contributed by atoms with E-state index in [2.05, 4.69) is 9.47 Å². The van der Waals surface area contributed by atoms with Crippen LogP contribution in [0, 0.1) is 0 Å². The fourth-order valence-corrected chi connectivity index (χ4v) is 0.665. The summed E-state index contributed by atoms with van der Waals surface area (Å²) in [4.78, 5) is 10.8. The van der Waals surface area contributed by atoms with Gasteiger partial charge in [0.05, 0.1) is 19.1 Å². The number of rotatable bonds is 5. The molecule has 0 rings (SSSR count). The quantitative estimate of drug-likeness (QED) is 0.518. The number of carbonyl (C=O) groups is 1. The second-order valence-electron chi connectivity index (χ2n) is 2.96. The zero-order valence-corrected chi connectivity index (χ0v) is 8.06. The first-order chi connectivity index (χ1) is 6.31. The third kappa shape index (κ3) is 9.31. The van der Waals surface area contributed by atoms with Gasteiger partial charge in [-0.15, -0.1) is 0 Å². The van der Waals surface area contributed by atoms with Crippen molar-refractivity contribution in [2.75, 3.05) is 13.2 Å². The number of hydrogen-bond donors (Lipinski definition) is 0. The fraction of sp³-hybridized carbons (Fsp3) is 0.875. The molecule has 0 saturated heterocycles. The molecule has 0 N–H and O–H groups in total. The van der Waals surface area contributed by atoms with Gasteiger partial charge in [-0.3, -0.25) is 4.79 Å². The molecular formula is C8H13F3O3. The van der Waals surface area contributed by atoms with Gasteiger partial charge in [0, 0.05) is 0 Å². The Labute approximate surface area is 80.2 Å². The Morgan fingerprint density at radius 3 is 2.36 bits per heavy atom. The van der Waals surface area contributed by atoms with Gasteiger partial charge in [0.1, 0.15) is 6.61 Å². The maximum absolute atomic E-state index is 11.5. The third-order valence-electron chi connectivity index (χ3n) is 1.08. The van der Waals surface area contributed by atoms with Gasteiger partial charge in [0.25, 0.3) is 0 Å². The van der Waals surface area contributed by atoms with E-state index in [0.717, 1.165) is 0 Å². The van der Waals surface area contributed by atoms with Crippen LogP contribution in [0.2, 0.25) is 0 Å². The van der Waals surface area contributed by atoms with Crippen LogP contribution in [-0.4, -0.2) is 31.5 Å². The van der Waals surface area contributed by atoms with Crippen molar-refractivity contribution < 1.29 is 27.4 Å². The van der Waals surface area contributed by atoms with Crippen LogP contribution >= 0.6 is 0 Å². The second-order valence-corrected chi connectivity index (χ2v) is 2.96. The van der Waals surface area contributed by atoms with E-state index >= 15 is 0 Å². The number of halogens is 3. The minimum atomic E-state index is -4.35. The van der Waals surface area contributed by atoms with Gasteiger partial charge < -0.3 is 9.47 Å². The zero-order chi connectivity index (χ0) is 11.2. The highest BCUT2D eigenvalue weighted by Gasteiger charge is 2.27. The summed E-state index contributed by atoms with van der Waals surface area (Å²) in [5, 5.41) is 0. The van der Waals surface area contributed by atoms with Crippen LogP contribution in [0.25, 0.3) is 0 Å². The molecule has 0 saturated carbocycles. The van der Waals surface area contributed by atoms with Gasteiger partial charge in [0.2, 0.25) is 0 Å². The molecule has 0 amide bonds. The second kappa shape index (κ2) is 5.85. The number of carbonyl (C=O) groups excluding carboxylic acids is 1. The summed E-state index contributed by atoms with van der Waals surface area (Å²) >= 11 is 0. The van der Waals surface area contributed by atoms with Crippen LogP contribution in [0.1, 0.15) is 20.3 Å². The highest BCUT2D eigenvalue weighted by Crippen LogP contribution is 2.14. The maximum Gasteiger partial charge on any atom is 0.411 e. The Balaban J connectivity index is 3.41. The molecule has 0 aromatic heterocycles. The molecule has 0 aliphatic rings. The lowest BCUT2D eigenvalue weighted by atomic mass is 10.4. The van der Waals surface area contributed by atoms with E-state index in [-0.39, 0.29) is 19.1 Å². The summed E-state index contributed by atoms with van der Waals surface area (Å²) in [6.07, 6.45) is -4.76. The van der Waals surface area contributed by atoms with E-state index < -0.39 is 18.8 Å². The van der Waals surface area contributed by atoms with Crippen LogP contribution in [0.15, 0.2) is 0 Å². The molecule has 14 heavy (non-hydrogen) atoms. The summed E-state index contributed by atoms with van der Waals surface area (Å²) in [5.41, 5.74) is 0. The van der Waals surface area contributed by atoms with Crippen molar-refractivity contribution in [1.29, 1.82) is 0 Å². The minimum absolute atomic E-state index is 0.158. The molecule has 0 atom stereocenters. The lowest BCUT2D eigenvalue weighted by Gasteiger charge is -2.09. The molecule has 0 fully saturated rings. The SMILES string of the molecule is CC(C)OC(=O)CCOCC(F)(F)F. The molecule has 0 radical (unpaired) electrons. The Morgan fingerprint density at radius 1 is 1.36 bits per heavy atom. The molecule has 0 aromatic carbocycles. The maximum atomic E-state index is 11.5. The van der Waals surface area contributed by atoms with Crippen molar-refractivity contribution in [2.24, 2.45) is 0 Å². The molecular weight excluding hydrogens is 201 g/mol. The van der Waals surface area contributed by atoms with E-state index in [1.54, 1.807) is 13.8 Å². The average Bonchev–Trinajstić information content (AvgIpc) is 1.95. The largest absolute Gasteiger partial charge is 0.463 e. The first-order valence-corrected chi connectivity index (χ1v) is 4.15. The summed E-state index contributed by atoms with van der Waals surface area (Å²) in [6, 6.07) is 0. The predicted molar refractivity (Wildman–Crippen MR) is 42.7 cm³/mol. The Hall–Kier alpha value is -0.780. The molecule has 0 spiro atoms. The van der Waals surface area contributed by atoms with Gasteiger partial charge in [0.15, 0.2) is 0 Å². The fourth-order valence-electron chi connectivity index (χ4n) is 0.665. The van der Waals surface area contributed by atoms with Gasteiger partial charge in [-0.25, -0.2) is 0 Å². The van der Waals surface area contributed by atoms with Gasteiger partial charge in [-0.2, -0.15) is 13.2 Å². The van der Waals surface area contributed by atoms with E-state index in [0.29, 0.717) is 0 Å². The molecule has 6 heteroatoms. The van der Waals surface area contributed by atoms with Crippen molar-refractivity contribution in [3.8, 4) is 0 Å². The van der Waals surface area contributed by atoms with Gasteiger partial charge >= 0.3 is 12.1 Å². The number of ether oxygens (including phenoxy) is 2. The van der Waals surface area contributed by atoms with Gasteiger partial charge in [-0.1, -0.05) is 0 Å². The van der Waals surface area contributed by atoms with E-state index in [1.165, 1.54) is 0 Å². The van der Waals surface area contributed by atoms with E-state index in [1.807, 2.05) is 0 Å². The lowest BCUT2D eigenvalue weighted by molar-refractivity contribution is -0.176. The smallest absolute Gasteiger partial charge is 0.411 e. The van der Waals surface area contributed by atoms with Crippen LogP contribution in [0.4, 0.5) is 13.2 Å². The monoisotopic (exact) mass is 214 g/mol. The minimum Gasteiger partial charge on any atom is -0.463 e. The van der Waals surface area contributed by atoms with Crippen LogP contribution in [0.5, 0.6) is 0 Å². The molecule has 3 nitrogen and oxygen atoms in total. The van der Waals surface area contributed by atoms with Crippen molar-refractivity contribution in [1.82, 2.24) is 0 Å². The zero-order valence-electron chi connectivity index (χ0n) is 8.06. The van der Waals surface area contributed by atoms with Crippen LogP contribution in [-0.2, 0) is 14.3 Å². The summed E-state index contributed by atoms with van der Waals surface area (Å²) in [5.74, 6) is -0.554. The number of alkyl halides is 3. The molecule has 0 aromatic rings. The number of hydrogen-bond acceptors (Lipinski definition) is 3. The lowest BCUT2D eigenvalue weighted by Crippen LogP contribution is -2.19. The molecule has 0 unspecified atom stereocenters. The summed E-state index contributed by atoms with van der Waals surface area (Å²) in [7, 11) is 0. The molecule has 0 bridgehead atoms. The molecule has 0 heterocycles. The standard InChI is InChI=1S/C8H13F3O3/c1-6(2)14-7(12)3-4-13-5-8(9,10)11/h6H,3-5H2,1-2H3. The van der Waals surface area contributed by atoms with Crippen LogP contribution in [0.3, 0.4) is 0 Å². The Bertz CT molecular complexity index is 177. The number of esters is 1. The Kier molecular flexibility index (Phi) is 5.52. The van der Waals surface area contributed by atoms with Crippen molar-refractivity contribution in [3.63, 3.8) is 0 Å². The average molecular weight is 214 g/mol. The highest BCUT2D eigenvalue weighted by atomic mass is 19.4. The first kappa shape index (κ1) is 13.2. The predicted octanol–water partition coefficient (Wildman–Crippen LogP) is 1.91. The summed E-state index contributed by atoms with van der Waals surface area (Å²) < 4.78 is 43.6. The van der Waals surface area contributed by atoms with Crippen molar-refractivity contribution >= 4 is 5.97 Å². The first-order valence-electron chi connectivity index (χ1n) is 4.15. The van der Waals surface area contributed by atoms with E-state index in [4.69, 9.17) is 0 Å². The molecule has 0 aliphatic carbocycles. The Morgan fingerprint density at radius 2 is 1.93 bits per heavy atom. The highest BCUT2D eigenvalue weighted by molar-refractivity contribution is 5.69. The summed E-state index contributed by atoms with van der Waals surface area (Å²) in [6.45, 7) is 1.72. The molecule has 84 valence electrons. The van der Waals surface area contributed by atoms with Gasteiger partial charge in [-0.05, 0) is 13.8 Å². The van der Waals surface area contributed by atoms with Crippen molar-refractivity contribution in [2.45, 2.75) is 32.5 Å².